The molecule has 0 fully saturated rings. The van der Waals surface area contributed by atoms with Crippen LogP contribution in [0.1, 0.15) is 38.7 Å². The zero-order valence-corrected chi connectivity index (χ0v) is 17.0. The van der Waals surface area contributed by atoms with E-state index in [4.69, 9.17) is 9.47 Å². The number of carbonyl (C=O) groups excluding carboxylic acids is 1. The molecular formula is C18H25N3O3S2. The van der Waals surface area contributed by atoms with Crippen molar-refractivity contribution < 1.29 is 14.3 Å². The highest BCUT2D eigenvalue weighted by molar-refractivity contribution is 8.00. The number of thioether (sulfide) groups is 1. The van der Waals surface area contributed by atoms with Crippen LogP contribution in [0.25, 0.3) is 0 Å². The van der Waals surface area contributed by atoms with E-state index >= 15 is 0 Å². The van der Waals surface area contributed by atoms with Gasteiger partial charge in [0.15, 0.2) is 15.8 Å². The third-order valence-electron chi connectivity index (χ3n) is 3.53. The molecule has 0 saturated carbocycles. The fourth-order valence-corrected chi connectivity index (χ4v) is 3.39. The molecule has 1 aromatic carbocycles. The third kappa shape index (κ3) is 6.49. The van der Waals surface area contributed by atoms with Crippen LogP contribution in [0.5, 0.6) is 11.5 Å². The highest BCUT2D eigenvalue weighted by Gasteiger charge is 2.10. The summed E-state index contributed by atoms with van der Waals surface area (Å²) in [5.74, 6) is 1.41. The summed E-state index contributed by atoms with van der Waals surface area (Å²) in [5, 5.41) is 11.2. The Morgan fingerprint density at radius 2 is 2.08 bits per heavy atom. The molecule has 1 aromatic heterocycles. The maximum absolute atomic E-state index is 12.1. The van der Waals surface area contributed by atoms with Gasteiger partial charge in [0.2, 0.25) is 11.0 Å². The molecule has 0 aliphatic carbocycles. The Balaban J connectivity index is 1.91. The smallest absolute Gasteiger partial charge is 0.226 e. The number of benzene rings is 1. The quantitative estimate of drug-likeness (QED) is 0.345. The van der Waals surface area contributed by atoms with Crippen LogP contribution in [0.4, 0.5) is 5.13 Å². The molecule has 2 rings (SSSR count). The van der Waals surface area contributed by atoms with Crippen molar-refractivity contribution >= 4 is 34.1 Å². The Labute approximate surface area is 162 Å². The molecule has 142 valence electrons. The first-order chi connectivity index (χ1) is 12.7. The van der Waals surface area contributed by atoms with Gasteiger partial charge in [-0.3, -0.25) is 4.79 Å². The summed E-state index contributed by atoms with van der Waals surface area (Å²) in [4.78, 5) is 12.1. The highest BCUT2D eigenvalue weighted by atomic mass is 32.2. The molecule has 0 spiro atoms. The van der Waals surface area contributed by atoms with Crippen LogP contribution < -0.4 is 14.8 Å². The molecule has 1 amide bonds. The lowest BCUT2D eigenvalue weighted by atomic mass is 10.1. The Morgan fingerprint density at radius 3 is 2.77 bits per heavy atom. The van der Waals surface area contributed by atoms with Gasteiger partial charge in [0, 0.05) is 6.42 Å². The number of nitrogens with one attached hydrogen (secondary N) is 1. The molecule has 0 bridgehead atoms. The molecular weight excluding hydrogens is 370 g/mol. The van der Waals surface area contributed by atoms with Crippen LogP contribution >= 0.6 is 23.1 Å². The number of anilines is 1. The zero-order chi connectivity index (χ0) is 18.8. The first-order valence-corrected chi connectivity index (χ1v) is 10.8. The second kappa shape index (κ2) is 11.0. The van der Waals surface area contributed by atoms with Gasteiger partial charge in [-0.2, -0.15) is 0 Å². The highest BCUT2D eigenvalue weighted by Crippen LogP contribution is 2.29. The van der Waals surface area contributed by atoms with Gasteiger partial charge in [-0.05, 0) is 43.7 Å². The second-order valence-corrected chi connectivity index (χ2v) is 7.57. The van der Waals surface area contributed by atoms with E-state index in [2.05, 4.69) is 22.4 Å². The van der Waals surface area contributed by atoms with Gasteiger partial charge in [0.25, 0.3) is 0 Å². The number of carbonyl (C=O) groups is 1. The summed E-state index contributed by atoms with van der Waals surface area (Å²) in [6.07, 6.45) is 5.02. The number of nitrogens with zero attached hydrogens (tertiary/aromatic N) is 2. The van der Waals surface area contributed by atoms with E-state index in [1.165, 1.54) is 23.1 Å². The maximum Gasteiger partial charge on any atom is 0.226 e. The van der Waals surface area contributed by atoms with Crippen molar-refractivity contribution in [1.82, 2.24) is 10.2 Å². The Morgan fingerprint density at radius 1 is 1.23 bits per heavy atom. The van der Waals surface area contributed by atoms with Crippen LogP contribution in [-0.2, 0) is 11.2 Å². The van der Waals surface area contributed by atoms with Gasteiger partial charge in [-0.25, -0.2) is 0 Å². The summed E-state index contributed by atoms with van der Waals surface area (Å²) in [7, 11) is 0. The monoisotopic (exact) mass is 395 g/mol. The number of aromatic nitrogens is 2. The minimum Gasteiger partial charge on any atom is -0.490 e. The molecule has 6 nitrogen and oxygen atoms in total. The van der Waals surface area contributed by atoms with Crippen molar-refractivity contribution in [2.75, 3.05) is 24.8 Å². The predicted octanol–water partition coefficient (Wildman–Crippen LogP) is 4.41. The third-order valence-corrected chi connectivity index (χ3v) is 5.35. The molecule has 0 aliphatic heterocycles. The maximum atomic E-state index is 12.1. The van der Waals surface area contributed by atoms with Crippen LogP contribution in [0.2, 0.25) is 0 Å². The van der Waals surface area contributed by atoms with Crippen LogP contribution in [0, 0.1) is 0 Å². The minimum atomic E-state index is -0.0740. The van der Waals surface area contributed by atoms with Crippen LogP contribution in [-0.4, -0.2) is 35.6 Å². The number of aryl methyl sites for hydroxylation is 1. The summed E-state index contributed by atoms with van der Waals surface area (Å²) >= 11 is 2.88. The lowest BCUT2D eigenvalue weighted by molar-refractivity contribution is -0.116. The average molecular weight is 396 g/mol. The molecule has 26 heavy (non-hydrogen) atoms. The molecule has 0 aliphatic rings. The standard InChI is InChI=1S/C18H25N3O3S2/c1-4-6-11-24-14-9-7-13(12-15(14)23-5-2)8-10-16(22)19-17-20-21-18(25-3)26-17/h7,9,12H,4-6,8,10-11H2,1-3H3,(H,19,20,22). The van der Waals surface area contributed by atoms with Crippen molar-refractivity contribution in [3.8, 4) is 11.5 Å². The van der Waals surface area contributed by atoms with E-state index in [0.717, 1.165) is 34.2 Å². The SMILES string of the molecule is CCCCOc1ccc(CCC(=O)Nc2nnc(SC)s2)cc1OCC. The van der Waals surface area contributed by atoms with Crippen molar-refractivity contribution in [2.45, 2.75) is 43.9 Å². The van der Waals surface area contributed by atoms with E-state index in [-0.39, 0.29) is 5.91 Å². The topological polar surface area (TPSA) is 73.3 Å². The Bertz CT molecular complexity index is 707. The molecule has 0 atom stereocenters. The molecule has 0 radical (unpaired) electrons. The Hall–Kier alpha value is -1.80. The zero-order valence-electron chi connectivity index (χ0n) is 15.4. The van der Waals surface area contributed by atoms with Crippen molar-refractivity contribution in [3.63, 3.8) is 0 Å². The summed E-state index contributed by atoms with van der Waals surface area (Å²) in [6, 6.07) is 5.85. The first-order valence-electron chi connectivity index (χ1n) is 8.72. The van der Waals surface area contributed by atoms with E-state index in [1.807, 2.05) is 31.4 Å². The molecule has 8 heteroatoms. The van der Waals surface area contributed by atoms with Crippen molar-refractivity contribution in [2.24, 2.45) is 0 Å². The van der Waals surface area contributed by atoms with Gasteiger partial charge < -0.3 is 14.8 Å². The first kappa shape index (κ1) is 20.5. The largest absolute Gasteiger partial charge is 0.490 e. The van der Waals surface area contributed by atoms with Gasteiger partial charge in [0.05, 0.1) is 13.2 Å². The molecule has 0 saturated heterocycles. The van der Waals surface area contributed by atoms with Crippen molar-refractivity contribution in [3.05, 3.63) is 23.8 Å². The van der Waals surface area contributed by atoms with Gasteiger partial charge in [0.1, 0.15) is 0 Å². The van der Waals surface area contributed by atoms with Gasteiger partial charge in [-0.1, -0.05) is 42.5 Å². The lowest BCUT2D eigenvalue weighted by Gasteiger charge is -2.13. The fraction of sp³-hybridized carbons (Fsp3) is 0.500. The summed E-state index contributed by atoms with van der Waals surface area (Å²) in [6.45, 7) is 5.33. The minimum absolute atomic E-state index is 0.0740. The van der Waals surface area contributed by atoms with Crippen LogP contribution in [0.15, 0.2) is 22.5 Å². The van der Waals surface area contributed by atoms with Gasteiger partial charge >= 0.3 is 0 Å². The lowest BCUT2D eigenvalue weighted by Crippen LogP contribution is -2.12. The number of rotatable bonds is 11. The number of hydrogen-bond donors (Lipinski definition) is 1. The molecule has 1 N–H and O–H groups in total. The predicted molar refractivity (Wildman–Crippen MR) is 107 cm³/mol. The van der Waals surface area contributed by atoms with E-state index in [1.54, 1.807) is 0 Å². The second-order valence-electron chi connectivity index (χ2n) is 5.54. The van der Waals surface area contributed by atoms with Gasteiger partial charge in [-0.15, -0.1) is 10.2 Å². The number of ether oxygens (including phenoxy) is 2. The van der Waals surface area contributed by atoms with Crippen LogP contribution in [0.3, 0.4) is 0 Å². The molecule has 2 aromatic rings. The molecule has 0 unspecified atom stereocenters. The Kier molecular flexibility index (Phi) is 8.70. The normalized spacial score (nSPS) is 10.6. The van der Waals surface area contributed by atoms with E-state index in [0.29, 0.717) is 31.2 Å². The summed E-state index contributed by atoms with van der Waals surface area (Å²) in [5.41, 5.74) is 1.04. The van der Waals surface area contributed by atoms with E-state index in [9.17, 15) is 4.79 Å². The fourth-order valence-electron chi connectivity index (χ4n) is 2.20. The summed E-state index contributed by atoms with van der Waals surface area (Å²) < 4.78 is 12.3. The van der Waals surface area contributed by atoms with Crippen molar-refractivity contribution in [1.29, 1.82) is 0 Å². The van der Waals surface area contributed by atoms with E-state index < -0.39 is 0 Å². The average Bonchev–Trinajstić information content (AvgIpc) is 3.09. The number of amides is 1. The number of unbranched alkanes of at least 4 members (excludes halogenated alkanes) is 1. The number of hydrogen-bond acceptors (Lipinski definition) is 7. The molecule has 1 heterocycles.